The van der Waals surface area contributed by atoms with E-state index in [1.165, 1.54) is 64.5 Å². The molecule has 0 saturated carbocycles. The maximum Gasteiger partial charge on any atom is 0.0587 e. The monoisotopic (exact) mass is 252 g/mol. The predicted molar refractivity (Wildman–Crippen MR) is 73.8 cm³/mol. The van der Waals surface area contributed by atoms with Gasteiger partial charge < -0.3 is 15.0 Å². The molecule has 3 unspecified atom stereocenters. The lowest BCUT2D eigenvalue weighted by Crippen LogP contribution is -2.46. The molecule has 3 heteroatoms. The Balaban J connectivity index is 1.33. The van der Waals surface area contributed by atoms with Crippen molar-refractivity contribution in [1.82, 2.24) is 10.2 Å². The average molecular weight is 252 g/mol. The third-order valence-corrected chi connectivity index (χ3v) is 4.99. The SMILES string of the molecule is C1CCC(CCNC2CCN3CCCC3C2)OC1. The maximum absolute atomic E-state index is 5.79. The van der Waals surface area contributed by atoms with Crippen LogP contribution in [0.25, 0.3) is 0 Å². The van der Waals surface area contributed by atoms with E-state index in [1.807, 2.05) is 0 Å². The summed E-state index contributed by atoms with van der Waals surface area (Å²) in [6, 6.07) is 1.66. The molecule has 3 aliphatic heterocycles. The third-order valence-electron chi connectivity index (χ3n) is 4.99. The molecule has 104 valence electrons. The molecule has 3 nitrogen and oxygen atoms in total. The fourth-order valence-electron chi connectivity index (χ4n) is 3.89. The summed E-state index contributed by atoms with van der Waals surface area (Å²) in [5.74, 6) is 0. The summed E-state index contributed by atoms with van der Waals surface area (Å²) in [6.07, 6.45) is 11.3. The van der Waals surface area contributed by atoms with Crippen molar-refractivity contribution >= 4 is 0 Å². The largest absolute Gasteiger partial charge is 0.378 e. The van der Waals surface area contributed by atoms with Crippen LogP contribution in [0.2, 0.25) is 0 Å². The Morgan fingerprint density at radius 1 is 1.06 bits per heavy atom. The minimum atomic E-state index is 0.540. The van der Waals surface area contributed by atoms with Gasteiger partial charge >= 0.3 is 0 Å². The molecule has 18 heavy (non-hydrogen) atoms. The second kappa shape index (κ2) is 6.36. The van der Waals surface area contributed by atoms with Crippen LogP contribution < -0.4 is 5.32 Å². The molecule has 0 aromatic carbocycles. The van der Waals surface area contributed by atoms with Crippen molar-refractivity contribution in [3.05, 3.63) is 0 Å². The second-order valence-electron chi connectivity index (χ2n) is 6.28. The number of ether oxygens (including phenoxy) is 1. The maximum atomic E-state index is 5.79. The smallest absolute Gasteiger partial charge is 0.0587 e. The first-order valence-electron chi connectivity index (χ1n) is 8.01. The third kappa shape index (κ3) is 3.25. The van der Waals surface area contributed by atoms with Crippen molar-refractivity contribution in [2.24, 2.45) is 0 Å². The van der Waals surface area contributed by atoms with Gasteiger partial charge in [-0.2, -0.15) is 0 Å². The number of hydrogen-bond donors (Lipinski definition) is 1. The number of piperidine rings is 1. The van der Waals surface area contributed by atoms with Crippen molar-refractivity contribution in [3.63, 3.8) is 0 Å². The van der Waals surface area contributed by atoms with Crippen molar-refractivity contribution < 1.29 is 4.74 Å². The van der Waals surface area contributed by atoms with E-state index in [9.17, 15) is 0 Å². The van der Waals surface area contributed by atoms with Crippen LogP contribution in [0.1, 0.15) is 51.4 Å². The molecular weight excluding hydrogens is 224 g/mol. The van der Waals surface area contributed by atoms with Gasteiger partial charge in [-0.25, -0.2) is 0 Å². The van der Waals surface area contributed by atoms with Crippen LogP contribution in [-0.2, 0) is 4.74 Å². The van der Waals surface area contributed by atoms with Crippen LogP contribution in [0.3, 0.4) is 0 Å². The molecule has 0 radical (unpaired) electrons. The highest BCUT2D eigenvalue weighted by atomic mass is 16.5. The van der Waals surface area contributed by atoms with Crippen molar-refractivity contribution in [3.8, 4) is 0 Å². The minimum absolute atomic E-state index is 0.540. The number of hydrogen-bond acceptors (Lipinski definition) is 3. The van der Waals surface area contributed by atoms with Gasteiger partial charge in [-0.3, -0.25) is 0 Å². The number of nitrogens with zero attached hydrogens (tertiary/aromatic N) is 1. The van der Waals surface area contributed by atoms with Gasteiger partial charge in [-0.05, 0) is 71.0 Å². The summed E-state index contributed by atoms with van der Waals surface area (Å²) in [6.45, 7) is 4.82. The molecular formula is C15H28N2O. The van der Waals surface area contributed by atoms with Gasteiger partial charge in [0.2, 0.25) is 0 Å². The number of nitrogens with one attached hydrogen (secondary N) is 1. The lowest BCUT2D eigenvalue weighted by Gasteiger charge is -2.35. The molecule has 3 fully saturated rings. The molecule has 0 aliphatic carbocycles. The molecule has 3 heterocycles. The Bertz CT molecular complexity index is 253. The molecule has 0 aromatic heterocycles. The topological polar surface area (TPSA) is 24.5 Å². The van der Waals surface area contributed by atoms with Gasteiger partial charge in [-0.1, -0.05) is 0 Å². The van der Waals surface area contributed by atoms with Crippen LogP contribution in [-0.4, -0.2) is 49.3 Å². The molecule has 0 amide bonds. The minimum Gasteiger partial charge on any atom is -0.378 e. The van der Waals surface area contributed by atoms with Crippen LogP contribution in [0.5, 0.6) is 0 Å². The van der Waals surface area contributed by atoms with Crippen molar-refractivity contribution in [2.75, 3.05) is 26.2 Å². The Morgan fingerprint density at radius 2 is 2.06 bits per heavy atom. The van der Waals surface area contributed by atoms with E-state index in [1.54, 1.807) is 0 Å². The van der Waals surface area contributed by atoms with Crippen LogP contribution in [0.15, 0.2) is 0 Å². The van der Waals surface area contributed by atoms with E-state index in [0.717, 1.165) is 25.2 Å². The Kier molecular flexibility index (Phi) is 4.55. The Hall–Kier alpha value is -0.120. The summed E-state index contributed by atoms with van der Waals surface area (Å²) in [4.78, 5) is 2.70. The lowest BCUT2D eigenvalue weighted by atomic mass is 9.97. The Morgan fingerprint density at radius 3 is 2.94 bits per heavy atom. The Labute approximate surface area is 111 Å². The molecule has 0 aromatic rings. The van der Waals surface area contributed by atoms with Crippen LogP contribution in [0, 0.1) is 0 Å². The quantitative estimate of drug-likeness (QED) is 0.830. The van der Waals surface area contributed by atoms with E-state index >= 15 is 0 Å². The zero-order chi connectivity index (χ0) is 12.2. The fourth-order valence-corrected chi connectivity index (χ4v) is 3.89. The molecule has 3 aliphatic rings. The highest BCUT2D eigenvalue weighted by Gasteiger charge is 2.31. The van der Waals surface area contributed by atoms with Crippen LogP contribution >= 0.6 is 0 Å². The van der Waals surface area contributed by atoms with Gasteiger partial charge in [0.25, 0.3) is 0 Å². The van der Waals surface area contributed by atoms with E-state index in [0.29, 0.717) is 6.10 Å². The normalized spacial score (nSPS) is 37.7. The van der Waals surface area contributed by atoms with Crippen LogP contribution in [0.4, 0.5) is 0 Å². The first kappa shape index (κ1) is 12.9. The predicted octanol–water partition coefficient (Wildman–Crippen LogP) is 2.16. The summed E-state index contributed by atoms with van der Waals surface area (Å²) in [5.41, 5.74) is 0. The van der Waals surface area contributed by atoms with Gasteiger partial charge in [0.05, 0.1) is 6.10 Å². The van der Waals surface area contributed by atoms with Crippen molar-refractivity contribution in [2.45, 2.75) is 69.6 Å². The average Bonchev–Trinajstić information content (AvgIpc) is 2.87. The van der Waals surface area contributed by atoms with Crippen molar-refractivity contribution in [1.29, 1.82) is 0 Å². The first-order valence-corrected chi connectivity index (χ1v) is 8.01. The molecule has 3 atom stereocenters. The molecule has 1 N–H and O–H groups in total. The van der Waals surface area contributed by atoms with Gasteiger partial charge in [-0.15, -0.1) is 0 Å². The highest BCUT2D eigenvalue weighted by Crippen LogP contribution is 2.26. The summed E-state index contributed by atoms with van der Waals surface area (Å²) in [7, 11) is 0. The standard InChI is InChI=1S/C15H28N2O/c1-2-11-18-15(5-1)6-8-16-13-7-10-17-9-3-4-14(17)12-13/h13-16H,1-12H2. The van der Waals surface area contributed by atoms with E-state index in [2.05, 4.69) is 10.2 Å². The number of rotatable bonds is 4. The second-order valence-corrected chi connectivity index (χ2v) is 6.28. The fraction of sp³-hybridized carbons (Fsp3) is 1.00. The zero-order valence-electron chi connectivity index (χ0n) is 11.6. The van der Waals surface area contributed by atoms with E-state index in [4.69, 9.17) is 4.74 Å². The van der Waals surface area contributed by atoms with E-state index < -0.39 is 0 Å². The lowest BCUT2D eigenvalue weighted by molar-refractivity contribution is 0.0107. The molecule has 0 bridgehead atoms. The first-order chi connectivity index (χ1) is 8.92. The zero-order valence-corrected chi connectivity index (χ0v) is 11.6. The van der Waals surface area contributed by atoms with Gasteiger partial charge in [0.1, 0.15) is 0 Å². The van der Waals surface area contributed by atoms with Gasteiger partial charge in [0, 0.05) is 18.7 Å². The molecule has 0 spiro atoms. The summed E-state index contributed by atoms with van der Waals surface area (Å²) >= 11 is 0. The summed E-state index contributed by atoms with van der Waals surface area (Å²) < 4.78 is 5.79. The summed E-state index contributed by atoms with van der Waals surface area (Å²) in [5, 5.41) is 3.77. The molecule has 3 saturated heterocycles. The van der Waals surface area contributed by atoms with E-state index in [-0.39, 0.29) is 0 Å². The highest BCUT2D eigenvalue weighted by molar-refractivity contribution is 4.89. The number of fused-ring (bicyclic) bond motifs is 1. The molecule has 3 rings (SSSR count). The van der Waals surface area contributed by atoms with Gasteiger partial charge in [0.15, 0.2) is 0 Å².